The minimum Gasteiger partial charge on any atom is -0.354 e. The van der Waals surface area contributed by atoms with Crippen molar-refractivity contribution in [2.24, 2.45) is 0 Å². The van der Waals surface area contributed by atoms with Gasteiger partial charge in [-0.15, -0.1) is 11.3 Å². The van der Waals surface area contributed by atoms with Gasteiger partial charge in [-0.05, 0) is 42.3 Å². The van der Waals surface area contributed by atoms with Crippen molar-refractivity contribution in [1.82, 2.24) is 9.97 Å². The summed E-state index contributed by atoms with van der Waals surface area (Å²) in [5, 5.41) is 5.31. The van der Waals surface area contributed by atoms with Crippen LogP contribution >= 0.6 is 11.3 Å². The number of rotatable bonds is 2. The lowest BCUT2D eigenvalue weighted by atomic mass is 9.97. The molecule has 0 fully saturated rings. The molecule has 0 spiro atoms. The Morgan fingerprint density at radius 2 is 2.25 bits per heavy atom. The molecule has 2 heterocycles. The number of nitrogens with one attached hydrogen (secondary N) is 1. The van der Waals surface area contributed by atoms with Crippen LogP contribution in [0.25, 0.3) is 10.6 Å². The third-order valence-electron chi connectivity index (χ3n) is 2.82. The maximum absolute atomic E-state index is 4.60. The van der Waals surface area contributed by atoms with Crippen LogP contribution in [0.2, 0.25) is 0 Å². The number of thiophene rings is 1. The van der Waals surface area contributed by atoms with E-state index in [1.54, 1.807) is 11.3 Å². The molecule has 0 radical (unpaired) electrons. The molecule has 2 aromatic rings. The van der Waals surface area contributed by atoms with Gasteiger partial charge in [0.05, 0.1) is 10.6 Å². The van der Waals surface area contributed by atoms with E-state index in [-0.39, 0.29) is 0 Å². The van der Waals surface area contributed by atoms with E-state index < -0.39 is 0 Å². The van der Waals surface area contributed by atoms with E-state index in [0.29, 0.717) is 0 Å². The van der Waals surface area contributed by atoms with E-state index in [4.69, 9.17) is 0 Å². The first-order chi connectivity index (χ1) is 7.88. The fraction of sp³-hybridized carbons (Fsp3) is 0.333. The van der Waals surface area contributed by atoms with Gasteiger partial charge in [0.25, 0.3) is 0 Å². The van der Waals surface area contributed by atoms with Gasteiger partial charge in [0, 0.05) is 12.7 Å². The highest BCUT2D eigenvalue weighted by Gasteiger charge is 2.19. The molecule has 0 amide bonds. The first-order valence-corrected chi connectivity index (χ1v) is 6.43. The monoisotopic (exact) mass is 231 g/mol. The summed E-state index contributed by atoms with van der Waals surface area (Å²) in [7, 11) is 0. The SMILES string of the molecule is CCNc1ncc2c(n1)-c1sccc1CC2. The number of hydrogen-bond acceptors (Lipinski definition) is 4. The third-order valence-corrected chi connectivity index (χ3v) is 3.79. The average Bonchev–Trinajstić information content (AvgIpc) is 2.78. The van der Waals surface area contributed by atoms with Crippen molar-refractivity contribution in [2.45, 2.75) is 19.8 Å². The third kappa shape index (κ3) is 1.50. The van der Waals surface area contributed by atoms with Crippen molar-refractivity contribution < 1.29 is 0 Å². The highest BCUT2D eigenvalue weighted by Crippen LogP contribution is 2.36. The molecular formula is C12H13N3S. The van der Waals surface area contributed by atoms with Crippen LogP contribution in [0.3, 0.4) is 0 Å². The van der Waals surface area contributed by atoms with Crippen LogP contribution in [0.15, 0.2) is 17.6 Å². The largest absolute Gasteiger partial charge is 0.354 e. The summed E-state index contributed by atoms with van der Waals surface area (Å²) in [6.45, 7) is 2.91. The second-order valence-corrected chi connectivity index (χ2v) is 4.79. The van der Waals surface area contributed by atoms with Crippen LogP contribution in [0, 0.1) is 0 Å². The zero-order valence-electron chi connectivity index (χ0n) is 9.16. The zero-order valence-corrected chi connectivity index (χ0v) is 9.97. The molecule has 1 N–H and O–H groups in total. The van der Waals surface area contributed by atoms with Crippen molar-refractivity contribution >= 4 is 17.3 Å². The summed E-state index contributed by atoms with van der Waals surface area (Å²) in [5.41, 5.74) is 3.83. The summed E-state index contributed by atoms with van der Waals surface area (Å²) in [6.07, 6.45) is 4.14. The smallest absolute Gasteiger partial charge is 0.223 e. The molecule has 0 aromatic carbocycles. The standard InChI is InChI=1S/C12H13N3S/c1-2-13-12-14-7-9-4-3-8-5-6-16-11(8)10(9)15-12/h5-7H,2-4H2,1H3,(H,13,14,15). The molecule has 4 heteroatoms. The molecule has 0 bridgehead atoms. The lowest BCUT2D eigenvalue weighted by Crippen LogP contribution is -2.08. The first kappa shape index (κ1) is 9.78. The topological polar surface area (TPSA) is 37.8 Å². The number of fused-ring (bicyclic) bond motifs is 3. The second kappa shape index (κ2) is 3.87. The summed E-state index contributed by atoms with van der Waals surface area (Å²) in [4.78, 5) is 10.2. The molecule has 3 rings (SSSR count). The molecule has 16 heavy (non-hydrogen) atoms. The fourth-order valence-electron chi connectivity index (χ4n) is 2.04. The predicted molar refractivity (Wildman–Crippen MR) is 66.9 cm³/mol. The van der Waals surface area contributed by atoms with Gasteiger partial charge in [-0.1, -0.05) is 0 Å². The Labute approximate surface area is 98.6 Å². The minimum absolute atomic E-state index is 0.738. The minimum atomic E-state index is 0.738. The molecule has 1 aliphatic rings. The van der Waals surface area contributed by atoms with Crippen LogP contribution in [-0.4, -0.2) is 16.5 Å². The van der Waals surface area contributed by atoms with Crippen LogP contribution in [0.4, 0.5) is 5.95 Å². The van der Waals surface area contributed by atoms with Gasteiger partial charge in [0.1, 0.15) is 0 Å². The van der Waals surface area contributed by atoms with Crippen molar-refractivity contribution in [3.63, 3.8) is 0 Å². The van der Waals surface area contributed by atoms with Gasteiger partial charge in [0.15, 0.2) is 0 Å². The number of anilines is 1. The van der Waals surface area contributed by atoms with E-state index in [9.17, 15) is 0 Å². The Bertz CT molecular complexity index is 519. The maximum atomic E-state index is 4.60. The van der Waals surface area contributed by atoms with Gasteiger partial charge < -0.3 is 5.32 Å². The summed E-state index contributed by atoms with van der Waals surface area (Å²) < 4.78 is 0. The van der Waals surface area contributed by atoms with E-state index in [1.807, 2.05) is 6.20 Å². The number of hydrogen-bond donors (Lipinski definition) is 1. The van der Waals surface area contributed by atoms with E-state index in [0.717, 1.165) is 31.0 Å². The molecule has 3 nitrogen and oxygen atoms in total. The molecule has 1 aliphatic carbocycles. The Kier molecular flexibility index (Phi) is 2.36. The summed E-state index contributed by atoms with van der Waals surface area (Å²) in [6, 6.07) is 2.21. The normalized spacial score (nSPS) is 13.1. The van der Waals surface area contributed by atoms with Gasteiger partial charge >= 0.3 is 0 Å². The maximum Gasteiger partial charge on any atom is 0.223 e. The van der Waals surface area contributed by atoms with E-state index in [1.165, 1.54) is 16.0 Å². The molecule has 0 saturated carbocycles. The van der Waals surface area contributed by atoms with Crippen molar-refractivity contribution in [3.8, 4) is 10.6 Å². The highest BCUT2D eigenvalue weighted by atomic mass is 32.1. The first-order valence-electron chi connectivity index (χ1n) is 5.55. The quantitative estimate of drug-likeness (QED) is 0.863. The van der Waals surface area contributed by atoms with Crippen LogP contribution in [-0.2, 0) is 12.8 Å². The van der Waals surface area contributed by atoms with Crippen LogP contribution in [0.5, 0.6) is 0 Å². The van der Waals surface area contributed by atoms with Gasteiger partial charge in [-0.25, -0.2) is 9.97 Å². The van der Waals surface area contributed by atoms with Crippen molar-refractivity contribution in [3.05, 3.63) is 28.8 Å². The lowest BCUT2D eigenvalue weighted by Gasteiger charge is -2.15. The van der Waals surface area contributed by atoms with Crippen LogP contribution < -0.4 is 5.32 Å². The number of nitrogens with zero attached hydrogens (tertiary/aromatic N) is 2. The van der Waals surface area contributed by atoms with Crippen molar-refractivity contribution in [2.75, 3.05) is 11.9 Å². The highest BCUT2D eigenvalue weighted by molar-refractivity contribution is 7.13. The van der Waals surface area contributed by atoms with E-state index >= 15 is 0 Å². The number of aromatic nitrogens is 2. The van der Waals surface area contributed by atoms with E-state index in [2.05, 4.69) is 33.7 Å². The van der Waals surface area contributed by atoms with Gasteiger partial charge in [-0.2, -0.15) is 0 Å². The van der Waals surface area contributed by atoms with Gasteiger partial charge in [0.2, 0.25) is 5.95 Å². The molecule has 0 unspecified atom stereocenters. The number of aryl methyl sites for hydroxylation is 2. The summed E-state index contributed by atoms with van der Waals surface area (Å²) >= 11 is 1.78. The van der Waals surface area contributed by atoms with Gasteiger partial charge in [-0.3, -0.25) is 0 Å². The molecule has 82 valence electrons. The fourth-order valence-corrected chi connectivity index (χ4v) is 3.02. The molecular weight excluding hydrogens is 218 g/mol. The molecule has 0 aliphatic heterocycles. The Morgan fingerprint density at radius 3 is 3.12 bits per heavy atom. The lowest BCUT2D eigenvalue weighted by molar-refractivity contribution is 0.916. The Hall–Kier alpha value is -1.42. The van der Waals surface area contributed by atoms with Crippen molar-refractivity contribution in [1.29, 1.82) is 0 Å². The Morgan fingerprint density at radius 1 is 1.38 bits per heavy atom. The zero-order chi connectivity index (χ0) is 11.0. The second-order valence-electron chi connectivity index (χ2n) is 3.87. The molecule has 0 atom stereocenters. The molecule has 2 aromatic heterocycles. The summed E-state index contributed by atoms with van der Waals surface area (Å²) in [5.74, 6) is 0.738. The predicted octanol–water partition coefficient (Wildman–Crippen LogP) is 2.74. The Balaban J connectivity index is 2.11. The average molecular weight is 231 g/mol. The van der Waals surface area contributed by atoms with Crippen LogP contribution in [0.1, 0.15) is 18.1 Å². The molecule has 0 saturated heterocycles.